The van der Waals surface area contributed by atoms with Gasteiger partial charge in [0.1, 0.15) is 0 Å². The first-order valence-electron chi connectivity index (χ1n) is 2.93. The van der Waals surface area contributed by atoms with E-state index in [2.05, 4.69) is 26.5 Å². The molecule has 0 saturated heterocycles. The number of rotatable bonds is 2. The Bertz CT molecular complexity index is 53.6. The van der Waals surface area contributed by atoms with Crippen LogP contribution in [0.4, 0.5) is 0 Å². The van der Waals surface area contributed by atoms with Crippen LogP contribution in [0, 0.1) is 25.2 Å². The second kappa shape index (κ2) is 16.1. The molecular weight excluding hydrogens is 296 g/mol. The molecule has 3 N–H and O–H groups in total. The smallest absolute Gasteiger partial charge is 0 e. The van der Waals surface area contributed by atoms with Crippen molar-refractivity contribution in [3.05, 3.63) is 13.8 Å². The van der Waals surface area contributed by atoms with E-state index in [1.807, 2.05) is 0 Å². The molecule has 0 aliphatic rings. The summed E-state index contributed by atoms with van der Waals surface area (Å²) in [7, 11) is 0. The monoisotopic (exact) mass is 311 g/mol. The second-order valence-corrected chi connectivity index (χ2v) is 1.83. The first-order valence-corrected chi connectivity index (χ1v) is 2.93. The largest absolute Gasteiger partial charge is 0.563 e. The molecule has 0 atom stereocenters. The Hall–Kier alpha value is 0.158. The van der Waals surface area contributed by atoms with Crippen LogP contribution < -0.4 is 5.73 Å². The van der Waals surface area contributed by atoms with Gasteiger partial charge in [-0.25, -0.2) is 0 Å². The quantitative estimate of drug-likeness (QED) is 0.345. The van der Waals surface area contributed by atoms with Crippen molar-refractivity contribution in [3.63, 3.8) is 0 Å². The number of nitrogens with one attached hydrogen (secondary N) is 1. The summed E-state index contributed by atoms with van der Waals surface area (Å²) in [5.41, 5.74) is 4.26. The fraction of sp³-hybridized carbons (Fsp3) is 0.571. The van der Waals surface area contributed by atoms with Gasteiger partial charge >= 0.3 is 0 Å². The van der Waals surface area contributed by atoms with Gasteiger partial charge in [-0.1, -0.05) is 12.8 Å². The predicted molar refractivity (Wildman–Crippen MR) is 41.0 cm³/mol. The van der Waals surface area contributed by atoms with Crippen molar-refractivity contribution in [2.24, 2.45) is 11.7 Å². The number of nitrogens with two attached hydrogens (primary N) is 1. The fourth-order valence-corrected chi connectivity index (χ4v) is 0.144. The van der Waals surface area contributed by atoms with Gasteiger partial charge in [-0.3, -0.25) is 0 Å². The molecule has 2 nitrogen and oxygen atoms in total. The van der Waals surface area contributed by atoms with Gasteiger partial charge in [0.15, 0.2) is 0 Å². The number of hydrogen-bond acceptors (Lipinski definition) is 1. The molecule has 0 aromatic carbocycles. The Morgan fingerprint density at radius 1 is 1.50 bits per heavy atom. The Balaban J connectivity index is -0.000000107. The summed E-state index contributed by atoms with van der Waals surface area (Å²) >= 11 is 0. The van der Waals surface area contributed by atoms with E-state index < -0.39 is 0 Å². The van der Waals surface area contributed by atoms with Crippen LogP contribution in [0.1, 0.15) is 19.8 Å². The van der Waals surface area contributed by atoms with Gasteiger partial charge in [-0.2, -0.15) is 12.8 Å². The minimum Gasteiger partial charge on any atom is -0.563 e. The van der Waals surface area contributed by atoms with Gasteiger partial charge in [0.05, 0.1) is 0 Å². The molecule has 0 spiro atoms. The summed E-state index contributed by atoms with van der Waals surface area (Å²) in [5.74, 6) is 0.713. The maximum atomic E-state index is 5.74. The van der Waals surface area contributed by atoms with E-state index in [-0.39, 0.29) is 21.1 Å². The van der Waals surface area contributed by atoms with E-state index in [0.29, 0.717) is 5.92 Å². The SMILES string of the molecule is N=[C-]N.[CH2-]CC(C)C[CH2-].[W]. The van der Waals surface area contributed by atoms with Crippen molar-refractivity contribution in [1.82, 2.24) is 0 Å². The van der Waals surface area contributed by atoms with Crippen molar-refractivity contribution in [2.45, 2.75) is 19.8 Å². The molecule has 0 saturated carbocycles. The zero-order valence-electron chi connectivity index (χ0n) is 6.39. The third-order valence-corrected chi connectivity index (χ3v) is 0.986. The molecule has 0 heterocycles. The Kier molecular flexibility index (Phi) is 26.7. The normalized spacial score (nSPS) is 7.20. The molecule has 10 heavy (non-hydrogen) atoms. The van der Waals surface area contributed by atoms with E-state index in [9.17, 15) is 0 Å². The van der Waals surface area contributed by atoms with Crippen LogP contribution in [-0.2, 0) is 21.1 Å². The van der Waals surface area contributed by atoms with Crippen molar-refractivity contribution >= 4 is 6.34 Å². The molecule has 0 bridgehead atoms. The molecule has 0 aliphatic carbocycles. The van der Waals surface area contributed by atoms with Crippen LogP contribution >= 0.6 is 0 Å². The van der Waals surface area contributed by atoms with Crippen molar-refractivity contribution < 1.29 is 21.1 Å². The molecule has 0 aromatic heterocycles. The molecule has 0 fully saturated rings. The van der Waals surface area contributed by atoms with E-state index in [1.165, 1.54) is 6.34 Å². The fourth-order valence-electron chi connectivity index (χ4n) is 0.144. The summed E-state index contributed by atoms with van der Waals surface area (Å²) in [6.45, 7) is 9.59. The molecule has 0 radical (unpaired) electrons. The number of hydrogen-bond donors (Lipinski definition) is 2. The molecule has 0 rings (SSSR count). The van der Waals surface area contributed by atoms with E-state index in [0.717, 1.165) is 12.8 Å². The molecule has 62 valence electrons. The molecule has 0 aromatic rings. The zero-order chi connectivity index (χ0) is 7.70. The summed E-state index contributed by atoms with van der Waals surface area (Å²) in [6.07, 6.45) is 3.53. The average Bonchev–Trinajstić information content (AvgIpc) is 1.88. The Morgan fingerprint density at radius 2 is 1.70 bits per heavy atom. The van der Waals surface area contributed by atoms with E-state index in [4.69, 9.17) is 5.41 Å². The van der Waals surface area contributed by atoms with Crippen LogP contribution in [0.5, 0.6) is 0 Å². The van der Waals surface area contributed by atoms with Gasteiger partial charge in [0, 0.05) is 21.1 Å². The van der Waals surface area contributed by atoms with Crippen LogP contribution in [0.3, 0.4) is 0 Å². The van der Waals surface area contributed by atoms with Gasteiger partial charge in [0.25, 0.3) is 0 Å². The van der Waals surface area contributed by atoms with Crippen LogP contribution in [0.25, 0.3) is 0 Å². The molecule has 3 heteroatoms. The molecular formula is C7H15N2W-3. The summed E-state index contributed by atoms with van der Waals surface area (Å²) in [6, 6.07) is 0. The standard InChI is InChI=1S/C6H12.CH3N2.W/c1-4-6(3)5-2;2-1-3;/h6H,1-2,4-5H2,3H3;(H3,2,3);/q-2;-1;. The molecule has 0 unspecified atom stereocenters. The minimum absolute atomic E-state index is 0. The topological polar surface area (TPSA) is 49.9 Å². The van der Waals surface area contributed by atoms with Gasteiger partial charge in [-0.05, 0) is 0 Å². The van der Waals surface area contributed by atoms with Crippen LogP contribution in [0.2, 0.25) is 0 Å². The van der Waals surface area contributed by atoms with Crippen molar-refractivity contribution in [2.75, 3.05) is 0 Å². The Morgan fingerprint density at radius 3 is 1.70 bits per heavy atom. The average molecular weight is 311 g/mol. The molecule has 0 aliphatic heterocycles. The first-order chi connectivity index (χ1) is 4.22. The van der Waals surface area contributed by atoms with E-state index in [1.54, 1.807) is 0 Å². The van der Waals surface area contributed by atoms with Gasteiger partial charge in [0.2, 0.25) is 0 Å². The summed E-state index contributed by atoms with van der Waals surface area (Å²) in [4.78, 5) is 0. The third kappa shape index (κ3) is 24.2. The first kappa shape index (κ1) is 16.6. The molecule has 0 amide bonds. The van der Waals surface area contributed by atoms with E-state index >= 15 is 0 Å². The maximum absolute atomic E-state index is 5.74. The van der Waals surface area contributed by atoms with Crippen molar-refractivity contribution in [1.29, 1.82) is 5.41 Å². The summed E-state index contributed by atoms with van der Waals surface area (Å²) < 4.78 is 0. The van der Waals surface area contributed by atoms with Crippen LogP contribution in [-0.4, -0.2) is 6.34 Å². The Labute approximate surface area is 78.3 Å². The van der Waals surface area contributed by atoms with Gasteiger partial charge < -0.3 is 31.3 Å². The van der Waals surface area contributed by atoms with Gasteiger partial charge in [-0.15, -0.1) is 0 Å². The predicted octanol–water partition coefficient (Wildman–Crippen LogP) is 1.50. The zero-order valence-corrected chi connectivity index (χ0v) is 9.32. The maximum Gasteiger partial charge on any atom is 0 e. The third-order valence-electron chi connectivity index (χ3n) is 0.986. The van der Waals surface area contributed by atoms with Crippen LogP contribution in [0.15, 0.2) is 0 Å². The van der Waals surface area contributed by atoms with Crippen molar-refractivity contribution in [3.8, 4) is 0 Å². The summed E-state index contributed by atoms with van der Waals surface area (Å²) in [5, 5.41) is 5.74. The minimum atomic E-state index is 0. The second-order valence-electron chi connectivity index (χ2n) is 1.83.